The van der Waals surface area contributed by atoms with Gasteiger partial charge in [0.15, 0.2) is 7.05 Å². The lowest BCUT2D eigenvalue weighted by atomic mass is 9.97. The minimum Gasteiger partial charge on any atom is -0.624 e. The van der Waals surface area contributed by atoms with Gasteiger partial charge in [0, 0.05) is 108 Å². The zero-order valence-corrected chi connectivity index (χ0v) is 73.6. The van der Waals surface area contributed by atoms with Crippen LogP contribution in [0, 0.1) is 56.4 Å². The molecule has 124 heavy (non-hydrogen) atoms. The summed E-state index contributed by atoms with van der Waals surface area (Å²) in [7, 11) is -4.61. The Labute approximate surface area is 736 Å². The fourth-order valence-corrected chi connectivity index (χ4v) is 11.3. The molecule has 2 saturated heterocycles. The fraction of sp³-hybridized carbons (Fsp3) is 0.395. The molecule has 43 heteroatoms. The summed E-state index contributed by atoms with van der Waals surface area (Å²) in [5.74, 6) is -1.44. The van der Waals surface area contributed by atoms with Crippen LogP contribution in [0.3, 0.4) is 0 Å². The standard InChI is InChI=1S/2C15H14N2O6S2.C10H12N2O.C8H11N3O2.2C7H11NO.2C5H10N2O2.C5H9NO.C2H7N.2CH4/c2*1-2-24-13-10-14(18)17(15(13)19)11-5-3-6-12(9-11)23-25(20,21)22-8-4-7-16;1-2-12-10(13)9-5-3-4-8(6-9)7-11;1-3-10-8(12)7-4-6(5-9)13-11(7)2;2*1-3-5-6-7(9)8-4-2;2*1-3-6-5(8)4-7(2)9;1-3-5(7)6-4-2;1-2-3;;/h2*3-6,8-9,13H,2,10H2,1H3;3,5-6,9H,2,4H2,1H3,(H,12,13);4,7H,3H2,1-2H3,(H,10,12);2*3,5-6H,1,4H2,2H3,(H,8,9);4H,3H2,1-2H3,(H-,6,8,9);4H,3H2,1-2H3,(H,6,8);3H,1,4H2,2H3,(H,6,7);2-3H2,1H3;2*1H4/p+1/b2*8-4+;;;2*6-5+;;7-4+;;;;. The Morgan fingerprint density at radius 3 is 1.32 bits per heavy atom. The summed E-state index contributed by atoms with van der Waals surface area (Å²) in [4.78, 5) is 131. The summed E-state index contributed by atoms with van der Waals surface area (Å²) in [6.45, 7) is 33.8. The Morgan fingerprint density at radius 2 is 0.992 bits per heavy atom. The number of carbonyl (C=O) groups excluding carboxylic acids is 11. The second-order valence-electron chi connectivity index (χ2n) is 22.6. The number of nitrogens with one attached hydrogen (secondary N) is 7. The van der Waals surface area contributed by atoms with E-state index in [-0.39, 0.29) is 127 Å². The largest absolute Gasteiger partial charge is 0.624 e. The summed E-state index contributed by atoms with van der Waals surface area (Å²) < 4.78 is 65.8. The molecule has 2 aromatic carbocycles. The normalized spacial score (nSPS) is 15.1. The average Bonchev–Trinajstić information content (AvgIpc) is 1.65. The molecular formula is C81H118N17O22S4+. The molecule has 2 fully saturated rings. The molecule has 1 aliphatic carbocycles. The Balaban J connectivity index is -0.000000326. The van der Waals surface area contributed by atoms with E-state index in [0.29, 0.717) is 91.3 Å². The van der Waals surface area contributed by atoms with Crippen LogP contribution in [-0.2, 0) is 86.7 Å². The number of hydroxylamine groups is 4. The van der Waals surface area contributed by atoms with E-state index in [0.717, 1.165) is 40.9 Å². The van der Waals surface area contributed by atoms with E-state index in [2.05, 4.69) is 71.4 Å². The van der Waals surface area contributed by atoms with Crippen LogP contribution in [0.2, 0.25) is 0 Å². The van der Waals surface area contributed by atoms with Gasteiger partial charge in [-0.05, 0) is 102 Å². The first-order valence-corrected chi connectivity index (χ1v) is 41.8. The minimum atomic E-state index is -4.42. The Bertz CT molecular complexity index is 4250. The third-order valence-electron chi connectivity index (χ3n) is 13.0. The highest BCUT2D eigenvalue weighted by Crippen LogP contribution is 2.33. The van der Waals surface area contributed by atoms with Crippen molar-refractivity contribution in [2.24, 2.45) is 11.7 Å². The van der Waals surface area contributed by atoms with Crippen molar-refractivity contribution in [3.8, 4) is 35.8 Å². The number of anilines is 2. The number of nitriles is 4. The lowest BCUT2D eigenvalue weighted by Crippen LogP contribution is -2.40. The molecule has 11 amide bonds. The highest BCUT2D eigenvalue weighted by atomic mass is 32.3. The molecule has 3 heterocycles. The number of benzene rings is 2. The highest BCUT2D eigenvalue weighted by molar-refractivity contribution is 8.00. The lowest BCUT2D eigenvalue weighted by molar-refractivity contribution is -0.750. The SMILES string of the molecule is C.C.C=C/C=C/C(=O)NCC.C=C/C=C/C(=O)NCC.C=CC(=O)NCC.CCN.CCNC(=O)/C=[N+](\C)O.CCNC(=O)/C=[N+](\C)[O-].CCNC(=O)C1C=C(C#N)ON1C.CCNC(=O)C1C=CCC(C#N)=C1.CCSC1CC(=O)N(c2cccc(OS(=O)(=O)O/C=C/C#N)c2)C1=O.CCSC1CC(=O)N(c2cccc(OS(=O)(=O)O/C=C/C#N)c2)C1=O. The fourth-order valence-electron chi connectivity index (χ4n) is 8.38. The van der Waals surface area contributed by atoms with Crippen LogP contribution in [0.4, 0.5) is 11.4 Å². The number of allylic oxidation sites excluding steroid dienone is 9. The van der Waals surface area contributed by atoms with Crippen molar-refractivity contribution >= 4 is 133 Å². The number of hydrogen-bond acceptors (Lipinski definition) is 30. The van der Waals surface area contributed by atoms with Gasteiger partial charge in [-0.15, -0.1) is 45.4 Å². The van der Waals surface area contributed by atoms with Crippen molar-refractivity contribution in [1.82, 2.24) is 42.3 Å². The molecule has 4 aliphatic rings. The molecule has 0 radical (unpaired) electrons. The Kier molecular flexibility index (Phi) is 72.3. The van der Waals surface area contributed by atoms with Gasteiger partial charge >= 0.3 is 32.6 Å². The van der Waals surface area contributed by atoms with Gasteiger partial charge in [0.25, 0.3) is 6.21 Å². The van der Waals surface area contributed by atoms with Gasteiger partial charge in [-0.25, -0.2) is 14.5 Å². The Morgan fingerprint density at radius 1 is 0.605 bits per heavy atom. The molecule has 0 aromatic heterocycles. The molecule has 3 aliphatic heterocycles. The number of nitrogens with two attached hydrogens (primary N) is 1. The second-order valence-corrected chi connectivity index (χ2v) is 27.9. The maximum atomic E-state index is 12.3. The first-order chi connectivity index (χ1) is 57.9. The van der Waals surface area contributed by atoms with Crippen LogP contribution in [0.1, 0.15) is 103 Å². The van der Waals surface area contributed by atoms with Crippen molar-refractivity contribution in [3.05, 3.63) is 176 Å². The molecule has 39 nitrogen and oxygen atoms in total. The zero-order valence-electron chi connectivity index (χ0n) is 70.3. The number of amides is 11. The summed E-state index contributed by atoms with van der Waals surface area (Å²) >= 11 is 2.76. The van der Waals surface area contributed by atoms with Gasteiger partial charge in [-0.3, -0.25) is 57.9 Å². The van der Waals surface area contributed by atoms with E-state index in [9.17, 15) is 74.8 Å². The maximum absolute atomic E-state index is 12.3. The number of rotatable bonds is 30. The number of thioether (sulfide) groups is 2. The number of carbonyl (C=O) groups is 11. The number of hydrogen-bond donors (Lipinski definition) is 9. The molecule has 10 N–H and O–H groups in total. The Hall–Kier alpha value is -13.2. The van der Waals surface area contributed by atoms with E-state index in [1.165, 1.54) is 116 Å². The van der Waals surface area contributed by atoms with Gasteiger partial charge in [0.05, 0.1) is 58.2 Å². The van der Waals surface area contributed by atoms with Crippen molar-refractivity contribution in [2.75, 3.05) is 94.8 Å². The van der Waals surface area contributed by atoms with E-state index < -0.39 is 37.3 Å². The minimum absolute atomic E-state index is 0. The van der Waals surface area contributed by atoms with Gasteiger partial charge in [0.1, 0.15) is 43.2 Å². The van der Waals surface area contributed by atoms with Crippen LogP contribution in [-0.4, -0.2) is 216 Å². The van der Waals surface area contributed by atoms with Gasteiger partial charge in [-0.1, -0.05) is 110 Å². The molecule has 4 atom stereocenters. The lowest BCUT2D eigenvalue weighted by Gasteiger charge is -2.15. The topological polar surface area (TPSA) is 567 Å². The quantitative estimate of drug-likeness (QED) is 0.00356. The molecule has 0 bridgehead atoms. The van der Waals surface area contributed by atoms with E-state index in [1.807, 2.05) is 80.5 Å². The van der Waals surface area contributed by atoms with E-state index in [4.69, 9.17) is 45.2 Å². The van der Waals surface area contributed by atoms with Gasteiger partial charge in [0.2, 0.25) is 65.1 Å². The van der Waals surface area contributed by atoms with Crippen LogP contribution in [0.25, 0.3) is 0 Å². The molecule has 6 rings (SSSR count). The van der Waals surface area contributed by atoms with Crippen molar-refractivity contribution in [1.29, 1.82) is 21.0 Å². The predicted octanol–water partition coefficient (Wildman–Crippen LogP) is 6.26. The van der Waals surface area contributed by atoms with Crippen LogP contribution in [0.15, 0.2) is 171 Å². The van der Waals surface area contributed by atoms with E-state index in [1.54, 1.807) is 56.5 Å². The van der Waals surface area contributed by atoms with E-state index >= 15 is 0 Å². The predicted molar refractivity (Wildman–Crippen MR) is 476 cm³/mol. The monoisotopic (exact) mass is 1810 g/mol. The summed E-state index contributed by atoms with van der Waals surface area (Å²) in [6.07, 6.45) is 23.2. The third kappa shape index (κ3) is 57.9. The van der Waals surface area contributed by atoms with Gasteiger partial charge in [-0.2, -0.15) is 21.0 Å². The smallest absolute Gasteiger partial charge is 0.500 e. The van der Waals surface area contributed by atoms with Crippen LogP contribution in [0.5, 0.6) is 11.5 Å². The van der Waals surface area contributed by atoms with Crippen molar-refractivity contribution in [3.63, 3.8) is 0 Å². The van der Waals surface area contributed by atoms with Crippen LogP contribution < -0.4 is 61.1 Å². The van der Waals surface area contributed by atoms with Crippen molar-refractivity contribution in [2.45, 2.75) is 120 Å². The van der Waals surface area contributed by atoms with Gasteiger partial charge < -0.3 is 69.7 Å². The molecular weight excluding hydrogens is 1690 g/mol. The molecule has 682 valence electrons. The number of likely N-dealkylation sites (N-methyl/N-ethyl adjacent to an activating group) is 5. The molecule has 0 saturated carbocycles. The average molecular weight is 1810 g/mol. The third-order valence-corrected chi connectivity index (χ3v) is 16.7. The zero-order chi connectivity index (χ0) is 93.6. The molecule has 0 spiro atoms. The number of nitrogens with zero attached hydrogens (tertiary/aromatic N) is 9. The van der Waals surface area contributed by atoms with Crippen LogP contribution >= 0.6 is 23.5 Å². The molecule has 4 unspecified atom stereocenters. The summed E-state index contributed by atoms with van der Waals surface area (Å²) in [5.41, 5.74) is 5.95. The summed E-state index contributed by atoms with van der Waals surface area (Å²) in [6, 6.07) is 17.6. The molecule has 2 aromatic rings. The van der Waals surface area contributed by atoms with Crippen molar-refractivity contribution < 1.29 is 106 Å². The first-order valence-electron chi connectivity index (χ1n) is 37.1. The number of imide groups is 2. The highest BCUT2D eigenvalue weighted by Gasteiger charge is 2.41. The first kappa shape index (κ1) is 122. The maximum Gasteiger partial charge on any atom is 0.500 e. The second kappa shape index (κ2) is 73.7. The summed E-state index contributed by atoms with van der Waals surface area (Å²) in [5, 5.41) is 70.8.